The van der Waals surface area contributed by atoms with Crippen molar-refractivity contribution >= 4 is 21.4 Å². The zero-order valence-electron chi connectivity index (χ0n) is 8.97. The number of sulfonamides is 1. The van der Waals surface area contributed by atoms with Gasteiger partial charge in [0.2, 0.25) is 10.0 Å². The van der Waals surface area contributed by atoms with Gasteiger partial charge in [-0.1, -0.05) is 13.0 Å². The van der Waals surface area contributed by atoms with E-state index in [1.54, 1.807) is 12.1 Å². The minimum absolute atomic E-state index is 0.0224. The van der Waals surface area contributed by atoms with Crippen molar-refractivity contribution in [1.82, 2.24) is 0 Å². The lowest BCUT2D eigenvalue weighted by molar-refractivity contribution is 0.598. The van der Waals surface area contributed by atoms with E-state index in [1.165, 1.54) is 6.07 Å². The summed E-state index contributed by atoms with van der Waals surface area (Å²) in [5, 5.41) is 8.27. The number of hydrogen-bond acceptors (Lipinski definition) is 4. The summed E-state index contributed by atoms with van der Waals surface area (Å²) in [7, 11) is -3.75. The van der Waals surface area contributed by atoms with E-state index >= 15 is 0 Å². The molecule has 0 radical (unpaired) electrons. The third-order valence-corrected chi connectivity index (χ3v) is 3.79. The molecule has 0 aliphatic heterocycles. The van der Waals surface area contributed by atoms with Crippen LogP contribution in [0.25, 0.3) is 0 Å². The van der Waals surface area contributed by atoms with Crippen molar-refractivity contribution in [2.24, 2.45) is 11.1 Å². The standard InChI is InChI=1S/C10H15N3O2S/c1-6-5-8(6)13-7-3-2-4-9(10(7)11)16(12,14)15/h2-4,6,8,13H,5,11H2,1H3,(H2,12,14,15). The van der Waals surface area contributed by atoms with Gasteiger partial charge >= 0.3 is 0 Å². The van der Waals surface area contributed by atoms with Gasteiger partial charge < -0.3 is 11.1 Å². The van der Waals surface area contributed by atoms with Crippen molar-refractivity contribution in [3.8, 4) is 0 Å². The molecule has 2 unspecified atom stereocenters. The first kappa shape index (κ1) is 11.2. The first-order valence-corrected chi connectivity index (χ1v) is 6.62. The summed E-state index contributed by atoms with van der Waals surface area (Å²) < 4.78 is 22.5. The number of primary sulfonamides is 1. The molecule has 0 saturated heterocycles. The van der Waals surface area contributed by atoms with E-state index in [-0.39, 0.29) is 10.6 Å². The second-order valence-corrected chi connectivity index (χ2v) is 5.76. The number of nitrogen functional groups attached to an aromatic ring is 1. The largest absolute Gasteiger partial charge is 0.396 e. The number of rotatable bonds is 3. The molecule has 2 rings (SSSR count). The molecule has 1 aliphatic carbocycles. The van der Waals surface area contributed by atoms with Gasteiger partial charge in [-0.3, -0.25) is 0 Å². The number of nitrogens with two attached hydrogens (primary N) is 2. The highest BCUT2D eigenvalue weighted by atomic mass is 32.2. The fourth-order valence-corrected chi connectivity index (χ4v) is 2.33. The molecule has 5 nitrogen and oxygen atoms in total. The van der Waals surface area contributed by atoms with E-state index in [0.717, 1.165) is 6.42 Å². The molecule has 1 saturated carbocycles. The molecule has 0 bridgehead atoms. The van der Waals surface area contributed by atoms with Crippen LogP contribution in [-0.4, -0.2) is 14.5 Å². The minimum Gasteiger partial charge on any atom is -0.396 e. The zero-order chi connectivity index (χ0) is 11.9. The Morgan fingerprint density at radius 2 is 2.06 bits per heavy atom. The van der Waals surface area contributed by atoms with Crippen LogP contribution in [0.15, 0.2) is 23.1 Å². The number of nitrogens with one attached hydrogen (secondary N) is 1. The van der Waals surface area contributed by atoms with E-state index in [0.29, 0.717) is 17.6 Å². The van der Waals surface area contributed by atoms with Crippen LogP contribution in [0.3, 0.4) is 0 Å². The van der Waals surface area contributed by atoms with Crippen LogP contribution < -0.4 is 16.2 Å². The lowest BCUT2D eigenvalue weighted by atomic mass is 10.2. The topological polar surface area (TPSA) is 98.2 Å². The normalized spacial score (nSPS) is 24.1. The van der Waals surface area contributed by atoms with E-state index in [2.05, 4.69) is 12.2 Å². The maximum atomic E-state index is 11.2. The lowest BCUT2D eigenvalue weighted by Crippen LogP contribution is -2.16. The molecule has 1 aromatic rings. The Morgan fingerprint density at radius 3 is 2.56 bits per heavy atom. The summed E-state index contributed by atoms with van der Waals surface area (Å²) in [6, 6.07) is 5.19. The fraction of sp³-hybridized carbons (Fsp3) is 0.400. The van der Waals surface area contributed by atoms with Gasteiger partial charge in [0, 0.05) is 6.04 Å². The molecule has 0 amide bonds. The Labute approximate surface area is 94.9 Å². The van der Waals surface area contributed by atoms with Gasteiger partial charge in [0.1, 0.15) is 4.90 Å². The average molecular weight is 241 g/mol. The number of benzene rings is 1. The quantitative estimate of drug-likeness (QED) is 0.680. The van der Waals surface area contributed by atoms with Crippen LogP contribution >= 0.6 is 0 Å². The molecule has 6 heteroatoms. The smallest absolute Gasteiger partial charge is 0.240 e. The van der Waals surface area contributed by atoms with Gasteiger partial charge in [-0.25, -0.2) is 13.6 Å². The maximum Gasteiger partial charge on any atom is 0.240 e. The predicted molar refractivity (Wildman–Crippen MR) is 63.4 cm³/mol. The first-order chi connectivity index (χ1) is 7.39. The Morgan fingerprint density at radius 1 is 1.44 bits per heavy atom. The lowest BCUT2D eigenvalue weighted by Gasteiger charge is -2.11. The van der Waals surface area contributed by atoms with Gasteiger partial charge in [-0.15, -0.1) is 0 Å². The van der Waals surface area contributed by atoms with Gasteiger partial charge in [-0.2, -0.15) is 0 Å². The zero-order valence-corrected chi connectivity index (χ0v) is 9.79. The minimum atomic E-state index is -3.75. The van der Waals surface area contributed by atoms with Crippen LogP contribution in [0.2, 0.25) is 0 Å². The number of hydrogen-bond donors (Lipinski definition) is 3. The van der Waals surface area contributed by atoms with E-state index < -0.39 is 10.0 Å². The second kappa shape index (κ2) is 3.64. The molecule has 1 aromatic carbocycles. The van der Waals surface area contributed by atoms with Gasteiger partial charge in [-0.05, 0) is 24.5 Å². The van der Waals surface area contributed by atoms with Gasteiger partial charge in [0.05, 0.1) is 11.4 Å². The van der Waals surface area contributed by atoms with Crippen LogP contribution in [0.5, 0.6) is 0 Å². The average Bonchev–Trinajstić information content (AvgIpc) is 2.83. The van der Waals surface area contributed by atoms with Gasteiger partial charge in [0.25, 0.3) is 0 Å². The molecule has 1 aliphatic rings. The van der Waals surface area contributed by atoms with E-state index in [1.807, 2.05) is 0 Å². The van der Waals surface area contributed by atoms with E-state index in [4.69, 9.17) is 10.9 Å². The highest BCUT2D eigenvalue weighted by Gasteiger charge is 2.33. The van der Waals surface area contributed by atoms with Crippen molar-refractivity contribution in [3.63, 3.8) is 0 Å². The van der Waals surface area contributed by atoms with Crippen molar-refractivity contribution in [1.29, 1.82) is 0 Å². The first-order valence-electron chi connectivity index (χ1n) is 5.07. The number of para-hydroxylation sites is 1. The van der Waals surface area contributed by atoms with E-state index in [9.17, 15) is 8.42 Å². The van der Waals surface area contributed by atoms with Crippen LogP contribution in [-0.2, 0) is 10.0 Å². The Hall–Kier alpha value is -1.27. The SMILES string of the molecule is CC1CC1Nc1cccc(S(N)(=O)=O)c1N. The van der Waals surface area contributed by atoms with Crippen molar-refractivity contribution < 1.29 is 8.42 Å². The summed E-state index contributed by atoms with van der Waals surface area (Å²) in [6.07, 6.45) is 1.08. The number of anilines is 2. The highest BCUT2D eigenvalue weighted by Crippen LogP contribution is 2.35. The Kier molecular flexibility index (Phi) is 2.55. The molecule has 5 N–H and O–H groups in total. The Balaban J connectivity index is 2.33. The van der Waals surface area contributed by atoms with Crippen molar-refractivity contribution in [2.75, 3.05) is 11.1 Å². The molecule has 0 aromatic heterocycles. The molecule has 88 valence electrons. The third kappa shape index (κ3) is 2.12. The third-order valence-electron chi connectivity index (χ3n) is 2.82. The van der Waals surface area contributed by atoms with Crippen LogP contribution in [0.1, 0.15) is 13.3 Å². The van der Waals surface area contributed by atoms with Gasteiger partial charge in [0.15, 0.2) is 0 Å². The predicted octanol–water partition coefficient (Wildman–Crippen LogP) is 0.737. The monoisotopic (exact) mass is 241 g/mol. The molecule has 2 atom stereocenters. The fourth-order valence-electron chi connectivity index (χ4n) is 1.64. The summed E-state index contributed by atoms with van der Waals surface area (Å²) in [5.74, 6) is 0.609. The molecular formula is C10H15N3O2S. The summed E-state index contributed by atoms with van der Waals surface area (Å²) >= 11 is 0. The molecular weight excluding hydrogens is 226 g/mol. The molecule has 1 fully saturated rings. The summed E-state index contributed by atoms with van der Waals surface area (Å²) in [4.78, 5) is -0.0224. The van der Waals surface area contributed by atoms with Crippen molar-refractivity contribution in [3.05, 3.63) is 18.2 Å². The highest BCUT2D eigenvalue weighted by molar-refractivity contribution is 7.89. The Bertz CT molecular complexity index is 513. The van der Waals surface area contributed by atoms with Crippen molar-refractivity contribution in [2.45, 2.75) is 24.3 Å². The molecule has 0 spiro atoms. The summed E-state index contributed by atoms with van der Waals surface area (Å²) in [6.45, 7) is 2.12. The molecule has 16 heavy (non-hydrogen) atoms. The maximum absolute atomic E-state index is 11.2. The molecule has 0 heterocycles. The van der Waals surface area contributed by atoms with Crippen LogP contribution in [0.4, 0.5) is 11.4 Å². The second-order valence-electron chi connectivity index (χ2n) is 4.23. The van der Waals surface area contributed by atoms with Crippen LogP contribution in [0, 0.1) is 5.92 Å². The summed E-state index contributed by atoms with van der Waals surface area (Å²) in [5.41, 5.74) is 6.61.